The zero-order chi connectivity index (χ0) is 13.9. The Labute approximate surface area is 114 Å². The van der Waals surface area contributed by atoms with E-state index in [0.29, 0.717) is 0 Å². The summed E-state index contributed by atoms with van der Waals surface area (Å²) in [4.78, 5) is 12.4. The molecule has 2 rings (SSSR count). The summed E-state index contributed by atoms with van der Waals surface area (Å²) in [5, 5.41) is 3.29. The van der Waals surface area contributed by atoms with Gasteiger partial charge in [0.2, 0.25) is 0 Å². The number of methoxy groups -OCH3 is 2. The highest BCUT2D eigenvalue weighted by atomic mass is 16.5. The second-order valence-corrected chi connectivity index (χ2v) is 5.03. The third-order valence-corrected chi connectivity index (χ3v) is 3.90. The fraction of sp³-hybridized carbons (Fsp3) is 0.533. The molecule has 1 N–H and O–H groups in total. The molecular formula is C15H21NO3. The number of esters is 1. The molecule has 4 nitrogen and oxygen atoms in total. The van der Waals surface area contributed by atoms with E-state index in [2.05, 4.69) is 5.32 Å². The maximum atomic E-state index is 12.4. The number of benzene rings is 1. The van der Waals surface area contributed by atoms with Crippen molar-refractivity contribution >= 4 is 5.97 Å². The van der Waals surface area contributed by atoms with Gasteiger partial charge in [-0.15, -0.1) is 0 Å². The molecule has 0 bridgehead atoms. The van der Waals surface area contributed by atoms with E-state index >= 15 is 0 Å². The highest BCUT2D eigenvalue weighted by molar-refractivity contribution is 5.84. The van der Waals surface area contributed by atoms with Crippen LogP contribution in [0, 0.1) is 6.92 Å². The number of piperidine rings is 1. The number of nitrogens with one attached hydrogen (secondary N) is 1. The second-order valence-electron chi connectivity index (χ2n) is 5.03. The van der Waals surface area contributed by atoms with Crippen LogP contribution in [0.15, 0.2) is 18.2 Å². The Balaban J connectivity index is 2.54. The lowest BCUT2D eigenvalue weighted by molar-refractivity contribution is -0.148. The van der Waals surface area contributed by atoms with Crippen molar-refractivity contribution in [3.05, 3.63) is 29.3 Å². The van der Waals surface area contributed by atoms with Gasteiger partial charge < -0.3 is 14.8 Å². The largest absolute Gasteiger partial charge is 0.496 e. The SMILES string of the molecule is COC(=O)C1(c2cc(C)ccc2OC)CCNCC1. The van der Waals surface area contributed by atoms with Gasteiger partial charge in [-0.05, 0) is 38.9 Å². The van der Waals surface area contributed by atoms with Crippen LogP contribution in [-0.4, -0.2) is 33.3 Å². The first-order valence-corrected chi connectivity index (χ1v) is 6.58. The van der Waals surface area contributed by atoms with Crippen LogP contribution < -0.4 is 10.1 Å². The first kappa shape index (κ1) is 13.9. The predicted molar refractivity (Wildman–Crippen MR) is 73.5 cm³/mol. The smallest absolute Gasteiger partial charge is 0.316 e. The Morgan fingerprint density at radius 3 is 2.53 bits per heavy atom. The standard InChI is InChI=1S/C15H21NO3/c1-11-4-5-13(18-2)12(10-11)15(14(17)19-3)6-8-16-9-7-15/h4-5,10,16H,6-9H2,1-3H3. The fourth-order valence-electron chi connectivity index (χ4n) is 2.83. The lowest BCUT2D eigenvalue weighted by Crippen LogP contribution is -2.46. The number of ether oxygens (including phenoxy) is 2. The average molecular weight is 263 g/mol. The van der Waals surface area contributed by atoms with Crippen LogP contribution in [0.25, 0.3) is 0 Å². The zero-order valence-corrected chi connectivity index (χ0v) is 11.8. The molecule has 0 unspecified atom stereocenters. The molecule has 19 heavy (non-hydrogen) atoms. The number of hydrogen-bond acceptors (Lipinski definition) is 4. The lowest BCUT2D eigenvalue weighted by atomic mass is 9.72. The van der Waals surface area contributed by atoms with Crippen LogP contribution in [0.2, 0.25) is 0 Å². The van der Waals surface area contributed by atoms with Gasteiger partial charge in [0.25, 0.3) is 0 Å². The van der Waals surface area contributed by atoms with E-state index in [-0.39, 0.29) is 5.97 Å². The molecule has 0 aliphatic carbocycles. The highest BCUT2D eigenvalue weighted by Crippen LogP contribution is 2.40. The molecule has 1 aliphatic heterocycles. The van der Waals surface area contributed by atoms with Crippen molar-refractivity contribution in [2.75, 3.05) is 27.3 Å². The Hall–Kier alpha value is -1.55. The first-order chi connectivity index (χ1) is 9.14. The Morgan fingerprint density at radius 1 is 1.26 bits per heavy atom. The topological polar surface area (TPSA) is 47.6 Å². The normalized spacial score (nSPS) is 17.8. The van der Waals surface area contributed by atoms with Gasteiger partial charge in [0.05, 0.1) is 19.6 Å². The van der Waals surface area contributed by atoms with E-state index in [0.717, 1.165) is 42.8 Å². The number of rotatable bonds is 3. The van der Waals surface area contributed by atoms with Crippen molar-refractivity contribution in [3.8, 4) is 5.75 Å². The van der Waals surface area contributed by atoms with E-state index in [4.69, 9.17) is 9.47 Å². The first-order valence-electron chi connectivity index (χ1n) is 6.58. The third kappa shape index (κ3) is 2.45. The minimum absolute atomic E-state index is 0.169. The van der Waals surface area contributed by atoms with Crippen molar-refractivity contribution in [3.63, 3.8) is 0 Å². The zero-order valence-electron chi connectivity index (χ0n) is 11.8. The number of aryl methyl sites for hydroxylation is 1. The minimum Gasteiger partial charge on any atom is -0.496 e. The van der Waals surface area contributed by atoms with E-state index in [1.165, 1.54) is 7.11 Å². The molecule has 1 aromatic carbocycles. The number of hydrogen-bond donors (Lipinski definition) is 1. The third-order valence-electron chi connectivity index (χ3n) is 3.90. The second kappa shape index (κ2) is 5.61. The van der Waals surface area contributed by atoms with Crippen LogP contribution >= 0.6 is 0 Å². The molecule has 104 valence electrons. The van der Waals surface area contributed by atoms with Crippen LogP contribution in [0.1, 0.15) is 24.0 Å². The summed E-state index contributed by atoms with van der Waals surface area (Å²) in [5.74, 6) is 0.593. The molecule has 1 saturated heterocycles. The molecular weight excluding hydrogens is 242 g/mol. The van der Waals surface area contributed by atoms with Gasteiger partial charge in [-0.3, -0.25) is 4.79 Å². The van der Waals surface area contributed by atoms with Crippen LogP contribution in [0.4, 0.5) is 0 Å². The molecule has 1 aromatic rings. The molecule has 1 aliphatic rings. The molecule has 0 aromatic heterocycles. The van der Waals surface area contributed by atoms with Gasteiger partial charge in [-0.2, -0.15) is 0 Å². The highest BCUT2D eigenvalue weighted by Gasteiger charge is 2.44. The van der Waals surface area contributed by atoms with Crippen molar-refractivity contribution in [1.29, 1.82) is 0 Å². The molecule has 1 fully saturated rings. The molecule has 0 saturated carbocycles. The lowest BCUT2D eigenvalue weighted by Gasteiger charge is -2.36. The molecule has 4 heteroatoms. The maximum absolute atomic E-state index is 12.4. The van der Waals surface area contributed by atoms with Crippen LogP contribution in [0.5, 0.6) is 5.75 Å². The van der Waals surface area contributed by atoms with Crippen molar-refractivity contribution in [2.45, 2.75) is 25.2 Å². The summed E-state index contributed by atoms with van der Waals surface area (Å²) in [6, 6.07) is 5.97. The van der Waals surface area contributed by atoms with Gasteiger partial charge >= 0.3 is 5.97 Å². The van der Waals surface area contributed by atoms with Gasteiger partial charge in [-0.1, -0.05) is 17.7 Å². The fourth-order valence-corrected chi connectivity index (χ4v) is 2.83. The number of carbonyl (C=O) groups excluding carboxylic acids is 1. The quantitative estimate of drug-likeness (QED) is 0.845. The molecule has 0 atom stereocenters. The molecule has 0 amide bonds. The van der Waals surface area contributed by atoms with E-state index in [1.807, 2.05) is 25.1 Å². The van der Waals surface area contributed by atoms with Gasteiger partial charge in [-0.25, -0.2) is 0 Å². The van der Waals surface area contributed by atoms with Crippen molar-refractivity contribution in [2.24, 2.45) is 0 Å². The monoisotopic (exact) mass is 263 g/mol. The summed E-state index contributed by atoms with van der Waals surface area (Å²) in [6.45, 7) is 3.65. The minimum atomic E-state index is -0.586. The number of carbonyl (C=O) groups is 1. The van der Waals surface area contributed by atoms with E-state index < -0.39 is 5.41 Å². The predicted octanol–water partition coefficient (Wildman–Crippen LogP) is 1.80. The summed E-state index contributed by atoms with van der Waals surface area (Å²) < 4.78 is 10.5. The summed E-state index contributed by atoms with van der Waals surface area (Å²) >= 11 is 0. The molecule has 0 radical (unpaired) electrons. The van der Waals surface area contributed by atoms with Gasteiger partial charge in [0, 0.05) is 5.56 Å². The Morgan fingerprint density at radius 2 is 1.95 bits per heavy atom. The van der Waals surface area contributed by atoms with Gasteiger partial charge in [0.1, 0.15) is 5.75 Å². The van der Waals surface area contributed by atoms with Crippen LogP contribution in [-0.2, 0) is 14.9 Å². The Bertz CT molecular complexity index is 464. The van der Waals surface area contributed by atoms with Gasteiger partial charge in [0.15, 0.2) is 0 Å². The van der Waals surface area contributed by atoms with E-state index in [1.54, 1.807) is 7.11 Å². The summed E-state index contributed by atoms with van der Waals surface area (Å²) in [6.07, 6.45) is 1.47. The van der Waals surface area contributed by atoms with Crippen LogP contribution in [0.3, 0.4) is 0 Å². The molecule has 0 spiro atoms. The maximum Gasteiger partial charge on any atom is 0.316 e. The summed E-state index contributed by atoms with van der Waals surface area (Å²) in [7, 11) is 3.09. The Kier molecular flexibility index (Phi) is 4.10. The molecule has 1 heterocycles. The van der Waals surface area contributed by atoms with E-state index in [9.17, 15) is 4.79 Å². The van der Waals surface area contributed by atoms with Crippen molar-refractivity contribution in [1.82, 2.24) is 5.32 Å². The summed E-state index contributed by atoms with van der Waals surface area (Å²) in [5.41, 5.74) is 1.48. The average Bonchev–Trinajstić information content (AvgIpc) is 2.47. The van der Waals surface area contributed by atoms with Crippen molar-refractivity contribution < 1.29 is 14.3 Å².